The second kappa shape index (κ2) is 7.00. The van der Waals surface area contributed by atoms with Crippen LogP contribution in [0.15, 0.2) is 18.2 Å². The number of carbonyl (C=O) groups excluding carboxylic acids is 2. The van der Waals surface area contributed by atoms with Crippen molar-refractivity contribution in [3.63, 3.8) is 0 Å². The maximum Gasteiger partial charge on any atom is 0.251 e. The van der Waals surface area contributed by atoms with Gasteiger partial charge in [0.25, 0.3) is 5.91 Å². The number of amides is 2. The van der Waals surface area contributed by atoms with Gasteiger partial charge in [0.05, 0.1) is 12.0 Å². The summed E-state index contributed by atoms with van der Waals surface area (Å²) < 4.78 is 0. The normalized spacial score (nSPS) is 16.4. The number of nitrogens with two attached hydrogens (primary N) is 1. The fourth-order valence-electron chi connectivity index (χ4n) is 3.43. The highest BCUT2D eigenvalue weighted by Gasteiger charge is 2.27. The van der Waals surface area contributed by atoms with Crippen molar-refractivity contribution in [2.75, 3.05) is 5.32 Å². The lowest BCUT2D eigenvalue weighted by Crippen LogP contribution is -2.20. The molecule has 1 aromatic carbocycles. The van der Waals surface area contributed by atoms with E-state index in [4.69, 9.17) is 5.73 Å². The van der Waals surface area contributed by atoms with Crippen molar-refractivity contribution >= 4 is 28.2 Å². The molecule has 2 amide bonds. The molecule has 1 aliphatic rings. The van der Waals surface area contributed by atoms with Crippen molar-refractivity contribution in [2.24, 2.45) is 11.7 Å². The largest absolute Gasteiger partial charge is 0.365 e. The van der Waals surface area contributed by atoms with Crippen LogP contribution < -0.4 is 11.1 Å². The van der Waals surface area contributed by atoms with E-state index in [9.17, 15) is 9.59 Å². The Morgan fingerprint density at radius 1 is 1.32 bits per heavy atom. The summed E-state index contributed by atoms with van der Waals surface area (Å²) in [6.07, 6.45) is 3.16. The maximum absolute atomic E-state index is 12.5. The average Bonchev–Trinajstić information content (AvgIpc) is 2.87. The predicted octanol–water partition coefficient (Wildman–Crippen LogP) is 3.77. The van der Waals surface area contributed by atoms with Gasteiger partial charge in [0.2, 0.25) is 5.91 Å². The molecule has 0 saturated heterocycles. The van der Waals surface area contributed by atoms with E-state index in [1.807, 2.05) is 32.0 Å². The summed E-state index contributed by atoms with van der Waals surface area (Å²) in [7, 11) is 0. The first kappa shape index (κ1) is 17.7. The van der Waals surface area contributed by atoms with Gasteiger partial charge < -0.3 is 11.1 Å². The number of hydrogen-bond donors (Lipinski definition) is 2. The molecule has 0 saturated carbocycles. The number of hydrogen-bond acceptors (Lipinski definition) is 3. The van der Waals surface area contributed by atoms with Crippen LogP contribution in [-0.4, -0.2) is 11.8 Å². The quantitative estimate of drug-likeness (QED) is 0.875. The number of thiophene rings is 1. The monoisotopic (exact) mass is 356 g/mol. The Balaban J connectivity index is 1.84. The topological polar surface area (TPSA) is 72.2 Å². The fourth-order valence-corrected chi connectivity index (χ4v) is 4.87. The molecule has 3 rings (SSSR count). The molecule has 0 fully saturated rings. The van der Waals surface area contributed by atoms with Gasteiger partial charge in [-0.3, -0.25) is 9.59 Å². The lowest BCUT2D eigenvalue weighted by atomic mass is 9.88. The van der Waals surface area contributed by atoms with Crippen molar-refractivity contribution in [1.82, 2.24) is 0 Å². The van der Waals surface area contributed by atoms with Crippen molar-refractivity contribution in [3.05, 3.63) is 50.9 Å². The van der Waals surface area contributed by atoms with Crippen LogP contribution in [0, 0.1) is 19.8 Å². The maximum atomic E-state index is 12.5. The molecule has 1 atom stereocenters. The lowest BCUT2D eigenvalue weighted by molar-refractivity contribution is -0.115. The molecule has 5 heteroatoms. The highest BCUT2D eigenvalue weighted by molar-refractivity contribution is 7.17. The molecule has 4 nitrogen and oxygen atoms in total. The van der Waals surface area contributed by atoms with Gasteiger partial charge in [0, 0.05) is 4.88 Å². The standard InChI is InChI=1S/C20H24N2O2S/c1-11-4-6-13(3)14(8-11)10-17(23)22-20-18(19(21)24)15-7-5-12(2)9-16(15)25-20/h4,6,8,12H,5,7,9-10H2,1-3H3,(H2,21,24)(H,22,23). The van der Waals surface area contributed by atoms with Gasteiger partial charge in [-0.2, -0.15) is 0 Å². The number of carbonyl (C=O) groups is 2. The summed E-state index contributed by atoms with van der Waals surface area (Å²) in [6.45, 7) is 6.23. The Bertz CT molecular complexity index is 838. The zero-order valence-corrected chi connectivity index (χ0v) is 15.8. The minimum atomic E-state index is -0.450. The van der Waals surface area contributed by atoms with Gasteiger partial charge in [-0.05, 0) is 55.7 Å². The number of aryl methyl sites for hydroxylation is 2. The molecule has 1 unspecified atom stereocenters. The minimum absolute atomic E-state index is 0.108. The van der Waals surface area contributed by atoms with Gasteiger partial charge in [-0.25, -0.2) is 0 Å². The molecule has 25 heavy (non-hydrogen) atoms. The van der Waals surface area contributed by atoms with E-state index in [2.05, 4.69) is 12.2 Å². The zero-order valence-electron chi connectivity index (χ0n) is 14.9. The van der Waals surface area contributed by atoms with Gasteiger partial charge in [0.1, 0.15) is 5.00 Å². The fraction of sp³-hybridized carbons (Fsp3) is 0.400. The number of nitrogens with one attached hydrogen (secondary N) is 1. The predicted molar refractivity (Wildman–Crippen MR) is 102 cm³/mol. The van der Waals surface area contributed by atoms with E-state index in [-0.39, 0.29) is 5.91 Å². The van der Waals surface area contributed by atoms with Crippen LogP contribution in [0.2, 0.25) is 0 Å². The Hall–Kier alpha value is -2.14. The first-order chi connectivity index (χ1) is 11.8. The van der Waals surface area contributed by atoms with Crippen molar-refractivity contribution in [3.8, 4) is 0 Å². The Morgan fingerprint density at radius 2 is 2.08 bits per heavy atom. The third-order valence-corrected chi connectivity index (χ3v) is 6.04. The van der Waals surface area contributed by atoms with E-state index >= 15 is 0 Å². The molecular weight excluding hydrogens is 332 g/mol. The molecular formula is C20H24N2O2S. The van der Waals surface area contributed by atoms with Crippen LogP contribution in [0.1, 0.15) is 50.8 Å². The van der Waals surface area contributed by atoms with E-state index in [0.29, 0.717) is 22.9 Å². The highest BCUT2D eigenvalue weighted by Crippen LogP contribution is 2.39. The first-order valence-corrected chi connectivity index (χ1v) is 9.47. The Morgan fingerprint density at radius 3 is 2.80 bits per heavy atom. The van der Waals surface area contributed by atoms with E-state index in [1.54, 1.807) is 0 Å². The Kier molecular flexibility index (Phi) is 4.95. The van der Waals surface area contributed by atoms with E-state index in [1.165, 1.54) is 16.2 Å². The van der Waals surface area contributed by atoms with Crippen molar-refractivity contribution in [1.29, 1.82) is 0 Å². The molecule has 0 radical (unpaired) electrons. The molecule has 1 aliphatic carbocycles. The van der Waals surface area contributed by atoms with Crippen LogP contribution in [0.25, 0.3) is 0 Å². The second-order valence-electron chi connectivity index (χ2n) is 7.08. The van der Waals surface area contributed by atoms with E-state index in [0.717, 1.165) is 41.5 Å². The Labute approximate surface area is 152 Å². The summed E-state index contributed by atoms with van der Waals surface area (Å²) in [5.41, 5.74) is 10.4. The van der Waals surface area contributed by atoms with E-state index < -0.39 is 5.91 Å². The van der Waals surface area contributed by atoms with Crippen molar-refractivity contribution < 1.29 is 9.59 Å². The number of primary amides is 1. The summed E-state index contributed by atoms with van der Waals surface area (Å²) in [5.74, 6) is 0.0438. The van der Waals surface area contributed by atoms with Crippen LogP contribution in [0.3, 0.4) is 0 Å². The summed E-state index contributed by atoms with van der Waals surface area (Å²) in [4.78, 5) is 25.7. The third-order valence-electron chi connectivity index (χ3n) is 4.87. The van der Waals surface area contributed by atoms with Gasteiger partial charge in [0.15, 0.2) is 0 Å². The van der Waals surface area contributed by atoms with Crippen molar-refractivity contribution in [2.45, 2.75) is 46.5 Å². The first-order valence-electron chi connectivity index (χ1n) is 8.65. The molecule has 1 heterocycles. The highest BCUT2D eigenvalue weighted by atomic mass is 32.1. The van der Waals surface area contributed by atoms with Gasteiger partial charge in [-0.15, -0.1) is 11.3 Å². The van der Waals surface area contributed by atoms with Crippen LogP contribution >= 0.6 is 11.3 Å². The van der Waals surface area contributed by atoms with Gasteiger partial charge >= 0.3 is 0 Å². The summed E-state index contributed by atoms with van der Waals surface area (Å²) in [5, 5.41) is 3.55. The SMILES string of the molecule is Cc1ccc(C)c(CC(=O)Nc2sc3c(c2C(N)=O)CCC(C)C3)c1. The molecule has 2 aromatic rings. The lowest BCUT2D eigenvalue weighted by Gasteiger charge is -2.18. The molecule has 0 aliphatic heterocycles. The third kappa shape index (κ3) is 3.76. The molecule has 0 bridgehead atoms. The number of benzene rings is 1. The molecule has 0 spiro atoms. The smallest absolute Gasteiger partial charge is 0.251 e. The summed E-state index contributed by atoms with van der Waals surface area (Å²) >= 11 is 1.51. The molecule has 1 aromatic heterocycles. The molecule has 3 N–H and O–H groups in total. The van der Waals surface area contributed by atoms with Crippen LogP contribution in [0.5, 0.6) is 0 Å². The van der Waals surface area contributed by atoms with Gasteiger partial charge in [-0.1, -0.05) is 30.7 Å². The number of rotatable bonds is 4. The summed E-state index contributed by atoms with van der Waals surface area (Å²) in [6, 6.07) is 6.10. The van der Waals surface area contributed by atoms with Crippen LogP contribution in [0.4, 0.5) is 5.00 Å². The average molecular weight is 356 g/mol. The zero-order chi connectivity index (χ0) is 18.1. The molecule has 132 valence electrons. The van der Waals surface area contributed by atoms with Crippen LogP contribution in [-0.2, 0) is 24.1 Å². The second-order valence-corrected chi connectivity index (χ2v) is 8.18. The minimum Gasteiger partial charge on any atom is -0.365 e. The number of fused-ring (bicyclic) bond motifs is 1. The number of anilines is 1.